The lowest BCUT2D eigenvalue weighted by atomic mass is 10.2. The highest BCUT2D eigenvalue weighted by Gasteiger charge is 2.16. The molecule has 1 atom stereocenters. The number of carboxylic acids is 1. The molecule has 0 saturated carbocycles. The van der Waals surface area contributed by atoms with Gasteiger partial charge in [0.25, 0.3) is 0 Å². The van der Waals surface area contributed by atoms with Gasteiger partial charge in [0.05, 0.1) is 0 Å². The van der Waals surface area contributed by atoms with Crippen LogP contribution in [0.15, 0.2) is 0 Å². The quantitative estimate of drug-likeness (QED) is 0.298. The standard InChI is InChI=1S/C6H13N3O3/c1-4(10)9-5(6(11)12)2-3-8-7/h5,8H,2-3,7H2,1H3,(H,9,10)(H,11,12)/t5-/m0/s1. The van der Waals surface area contributed by atoms with Gasteiger partial charge in [0.15, 0.2) is 0 Å². The van der Waals surface area contributed by atoms with Crippen LogP contribution in [0.1, 0.15) is 13.3 Å². The van der Waals surface area contributed by atoms with E-state index >= 15 is 0 Å². The first-order valence-electron chi connectivity index (χ1n) is 3.51. The van der Waals surface area contributed by atoms with Gasteiger partial charge in [-0.05, 0) is 6.42 Å². The first kappa shape index (κ1) is 10.9. The minimum absolute atomic E-state index is 0.269. The predicted octanol–water partition coefficient (Wildman–Crippen LogP) is -1.57. The molecular formula is C6H13N3O3. The molecule has 6 heteroatoms. The number of aliphatic carboxylic acids is 1. The average Bonchev–Trinajstić information content (AvgIpc) is 1.96. The van der Waals surface area contributed by atoms with Crippen molar-refractivity contribution in [3.63, 3.8) is 0 Å². The molecule has 1 amide bonds. The minimum atomic E-state index is -1.06. The Hall–Kier alpha value is -1.14. The number of hydrazine groups is 1. The summed E-state index contributed by atoms with van der Waals surface area (Å²) in [6.07, 6.45) is 0.269. The van der Waals surface area contributed by atoms with Crippen molar-refractivity contribution in [2.75, 3.05) is 6.54 Å². The fourth-order valence-corrected chi connectivity index (χ4v) is 0.730. The summed E-state index contributed by atoms with van der Waals surface area (Å²) in [5.74, 6) is 3.54. The Morgan fingerprint density at radius 3 is 2.50 bits per heavy atom. The van der Waals surface area contributed by atoms with E-state index in [2.05, 4.69) is 10.7 Å². The Morgan fingerprint density at radius 2 is 2.17 bits per heavy atom. The van der Waals surface area contributed by atoms with Gasteiger partial charge in [-0.3, -0.25) is 16.1 Å². The van der Waals surface area contributed by atoms with Gasteiger partial charge in [0.2, 0.25) is 5.91 Å². The number of rotatable bonds is 5. The van der Waals surface area contributed by atoms with E-state index in [9.17, 15) is 9.59 Å². The van der Waals surface area contributed by atoms with Crippen molar-refractivity contribution in [1.29, 1.82) is 0 Å². The van der Waals surface area contributed by atoms with Crippen LogP contribution >= 0.6 is 0 Å². The summed E-state index contributed by atoms with van der Waals surface area (Å²) < 4.78 is 0. The fraction of sp³-hybridized carbons (Fsp3) is 0.667. The summed E-state index contributed by atoms with van der Waals surface area (Å²) in [5, 5.41) is 10.8. The van der Waals surface area contributed by atoms with Crippen LogP contribution in [-0.2, 0) is 9.59 Å². The van der Waals surface area contributed by atoms with E-state index in [-0.39, 0.29) is 12.3 Å². The zero-order chi connectivity index (χ0) is 9.56. The Bertz CT molecular complexity index is 171. The second-order valence-electron chi connectivity index (χ2n) is 2.33. The van der Waals surface area contributed by atoms with Gasteiger partial charge in [-0.1, -0.05) is 0 Å². The minimum Gasteiger partial charge on any atom is -0.480 e. The van der Waals surface area contributed by atoms with Gasteiger partial charge in [-0.15, -0.1) is 0 Å². The number of hydrogen-bond acceptors (Lipinski definition) is 4. The molecule has 0 aliphatic carbocycles. The van der Waals surface area contributed by atoms with Crippen LogP contribution in [0.2, 0.25) is 0 Å². The topological polar surface area (TPSA) is 104 Å². The van der Waals surface area contributed by atoms with Crippen molar-refractivity contribution < 1.29 is 14.7 Å². The van der Waals surface area contributed by atoms with Gasteiger partial charge in [-0.25, -0.2) is 4.79 Å². The van der Waals surface area contributed by atoms with Crippen LogP contribution in [0.25, 0.3) is 0 Å². The summed E-state index contributed by atoms with van der Waals surface area (Å²) in [6.45, 7) is 1.61. The van der Waals surface area contributed by atoms with Crippen LogP contribution in [0, 0.1) is 0 Å². The van der Waals surface area contributed by atoms with Crippen molar-refractivity contribution in [3.05, 3.63) is 0 Å². The first-order chi connectivity index (χ1) is 5.57. The van der Waals surface area contributed by atoms with Crippen molar-refractivity contribution in [1.82, 2.24) is 10.7 Å². The molecule has 5 N–H and O–H groups in total. The molecule has 12 heavy (non-hydrogen) atoms. The zero-order valence-electron chi connectivity index (χ0n) is 6.83. The first-order valence-corrected chi connectivity index (χ1v) is 3.51. The van der Waals surface area contributed by atoms with Crippen molar-refractivity contribution in [2.24, 2.45) is 5.84 Å². The van der Waals surface area contributed by atoms with Crippen LogP contribution in [0.3, 0.4) is 0 Å². The molecule has 0 fully saturated rings. The predicted molar refractivity (Wildman–Crippen MR) is 42.0 cm³/mol. The summed E-state index contributed by atoms with van der Waals surface area (Å²) in [5.41, 5.74) is 2.31. The fourth-order valence-electron chi connectivity index (χ4n) is 0.730. The maximum atomic E-state index is 10.5. The van der Waals surface area contributed by atoms with E-state index in [0.717, 1.165) is 0 Å². The SMILES string of the molecule is CC(=O)N[C@@H](CCNN)C(=O)O. The molecule has 0 aromatic heterocycles. The lowest BCUT2D eigenvalue weighted by Crippen LogP contribution is -2.42. The molecule has 70 valence electrons. The van der Waals surface area contributed by atoms with E-state index in [1.807, 2.05) is 0 Å². The molecule has 0 saturated heterocycles. The Kier molecular flexibility index (Phi) is 4.98. The third kappa shape index (κ3) is 4.64. The van der Waals surface area contributed by atoms with Crippen LogP contribution in [0.5, 0.6) is 0 Å². The lowest BCUT2D eigenvalue weighted by Gasteiger charge is -2.11. The van der Waals surface area contributed by atoms with Crippen LogP contribution < -0.4 is 16.6 Å². The van der Waals surface area contributed by atoms with Crippen LogP contribution in [0.4, 0.5) is 0 Å². The van der Waals surface area contributed by atoms with E-state index in [1.165, 1.54) is 6.92 Å². The summed E-state index contributed by atoms with van der Waals surface area (Å²) in [6, 6.07) is -0.862. The molecular weight excluding hydrogens is 162 g/mol. The number of carbonyl (C=O) groups is 2. The van der Waals surface area contributed by atoms with Gasteiger partial charge in [0, 0.05) is 13.5 Å². The molecule has 0 aliphatic rings. The third-order valence-electron chi connectivity index (χ3n) is 1.25. The lowest BCUT2D eigenvalue weighted by molar-refractivity contribution is -0.141. The monoisotopic (exact) mass is 175 g/mol. The van der Waals surface area contributed by atoms with Crippen molar-refractivity contribution in [2.45, 2.75) is 19.4 Å². The van der Waals surface area contributed by atoms with E-state index in [0.29, 0.717) is 6.54 Å². The van der Waals surface area contributed by atoms with Crippen LogP contribution in [-0.4, -0.2) is 29.6 Å². The van der Waals surface area contributed by atoms with Gasteiger partial charge >= 0.3 is 5.97 Å². The summed E-state index contributed by atoms with van der Waals surface area (Å²) in [4.78, 5) is 21.0. The van der Waals surface area contributed by atoms with Crippen molar-refractivity contribution in [3.8, 4) is 0 Å². The molecule has 0 aromatic carbocycles. The number of carboxylic acid groups (broad SMARTS) is 1. The number of hydrogen-bond donors (Lipinski definition) is 4. The number of amides is 1. The molecule has 0 rings (SSSR count). The Labute approximate surface area is 70.1 Å². The molecule has 0 heterocycles. The molecule has 0 radical (unpaired) electrons. The van der Waals surface area contributed by atoms with Crippen molar-refractivity contribution >= 4 is 11.9 Å². The normalized spacial score (nSPS) is 12.2. The molecule has 0 aromatic rings. The summed E-state index contributed by atoms with van der Waals surface area (Å²) in [7, 11) is 0. The number of nitrogens with two attached hydrogens (primary N) is 1. The molecule has 0 bridgehead atoms. The molecule has 0 unspecified atom stereocenters. The zero-order valence-corrected chi connectivity index (χ0v) is 6.83. The smallest absolute Gasteiger partial charge is 0.326 e. The Balaban J connectivity index is 3.87. The van der Waals surface area contributed by atoms with E-state index in [1.54, 1.807) is 0 Å². The highest BCUT2D eigenvalue weighted by atomic mass is 16.4. The van der Waals surface area contributed by atoms with Gasteiger partial charge < -0.3 is 10.4 Å². The second kappa shape index (κ2) is 5.50. The van der Waals surface area contributed by atoms with Gasteiger partial charge in [0.1, 0.15) is 6.04 Å². The maximum absolute atomic E-state index is 10.5. The third-order valence-corrected chi connectivity index (χ3v) is 1.25. The van der Waals surface area contributed by atoms with E-state index in [4.69, 9.17) is 10.9 Å². The highest BCUT2D eigenvalue weighted by Crippen LogP contribution is 1.90. The molecule has 6 nitrogen and oxygen atoms in total. The van der Waals surface area contributed by atoms with Gasteiger partial charge in [-0.2, -0.15) is 0 Å². The highest BCUT2D eigenvalue weighted by molar-refractivity contribution is 5.81. The summed E-state index contributed by atoms with van der Waals surface area (Å²) >= 11 is 0. The number of carbonyl (C=O) groups excluding carboxylic acids is 1. The Morgan fingerprint density at radius 1 is 1.58 bits per heavy atom. The number of nitrogens with one attached hydrogen (secondary N) is 2. The maximum Gasteiger partial charge on any atom is 0.326 e. The second-order valence-corrected chi connectivity index (χ2v) is 2.33. The largest absolute Gasteiger partial charge is 0.480 e. The average molecular weight is 175 g/mol. The van der Waals surface area contributed by atoms with E-state index < -0.39 is 12.0 Å². The molecule has 0 aliphatic heterocycles. The molecule has 0 spiro atoms.